The second-order valence-corrected chi connectivity index (χ2v) is 11.4. The molecule has 2 nitrogen and oxygen atoms in total. The largest absolute Gasteiger partial charge is 0.309 e. The van der Waals surface area contributed by atoms with Crippen molar-refractivity contribution in [1.29, 1.82) is 0 Å². The van der Waals surface area contributed by atoms with Crippen LogP contribution in [0.5, 0.6) is 0 Å². The Kier molecular flexibility index (Phi) is 5.54. The van der Waals surface area contributed by atoms with Crippen molar-refractivity contribution in [2.24, 2.45) is 0 Å². The van der Waals surface area contributed by atoms with Crippen molar-refractivity contribution in [3.63, 3.8) is 0 Å². The molecule has 0 saturated heterocycles. The van der Waals surface area contributed by atoms with Crippen molar-refractivity contribution in [3.8, 4) is 33.6 Å². The molecule has 2 heteroatoms. The maximum Gasteiger partial charge on any atom is 0.0549 e. The Balaban J connectivity index is 1.44. The third-order valence-corrected chi connectivity index (χ3v) is 8.92. The van der Waals surface area contributed by atoms with E-state index in [9.17, 15) is 0 Å². The lowest BCUT2D eigenvalue weighted by molar-refractivity contribution is 1.17. The number of hydrogen-bond acceptors (Lipinski definition) is 0. The van der Waals surface area contributed by atoms with Gasteiger partial charge in [0.05, 0.1) is 27.8 Å². The van der Waals surface area contributed by atoms with Crippen molar-refractivity contribution >= 4 is 43.6 Å². The van der Waals surface area contributed by atoms with Gasteiger partial charge in [0.1, 0.15) is 0 Å². The highest BCUT2D eigenvalue weighted by molar-refractivity contribution is 6.29. The Morgan fingerprint density at radius 2 is 0.818 bits per heavy atom. The standard InChI is InChI=1S/C42H28N2/c1-4-14-29(15-5-1)31-24-25-33(30-16-6-2-7-17-30)40(28-31)44-37-23-13-11-21-35(37)42-39(44)27-26-38-41(42)34-20-10-12-22-36(34)43(38)32-18-8-3-9-19-32/h1-28H. The fraction of sp³-hybridized carbons (Fsp3) is 0. The zero-order valence-corrected chi connectivity index (χ0v) is 24.1. The average molecular weight is 561 g/mol. The summed E-state index contributed by atoms with van der Waals surface area (Å²) in [6.07, 6.45) is 0. The van der Waals surface area contributed by atoms with Crippen LogP contribution in [-0.2, 0) is 0 Å². The van der Waals surface area contributed by atoms with E-state index in [0.717, 1.165) is 0 Å². The van der Waals surface area contributed by atoms with Gasteiger partial charge in [-0.25, -0.2) is 0 Å². The highest BCUT2D eigenvalue weighted by atomic mass is 15.0. The molecule has 9 rings (SSSR count). The molecule has 7 aromatic carbocycles. The summed E-state index contributed by atoms with van der Waals surface area (Å²) in [5.41, 5.74) is 12.0. The second-order valence-electron chi connectivity index (χ2n) is 11.4. The van der Waals surface area contributed by atoms with Crippen LogP contribution in [0.4, 0.5) is 0 Å². The molecule has 0 unspecified atom stereocenters. The molecule has 44 heavy (non-hydrogen) atoms. The molecule has 0 bridgehead atoms. The molecule has 2 aromatic heterocycles. The van der Waals surface area contributed by atoms with Crippen LogP contribution in [-0.4, -0.2) is 9.13 Å². The normalized spacial score (nSPS) is 11.6. The fourth-order valence-corrected chi connectivity index (χ4v) is 7.02. The van der Waals surface area contributed by atoms with E-state index >= 15 is 0 Å². The summed E-state index contributed by atoms with van der Waals surface area (Å²) >= 11 is 0. The topological polar surface area (TPSA) is 9.86 Å². The molecule has 0 aliphatic rings. The van der Waals surface area contributed by atoms with Crippen LogP contribution >= 0.6 is 0 Å². The van der Waals surface area contributed by atoms with E-state index < -0.39 is 0 Å². The molecule has 0 N–H and O–H groups in total. The van der Waals surface area contributed by atoms with E-state index in [1.165, 1.54) is 77.2 Å². The Hall–Kier alpha value is -5.86. The smallest absolute Gasteiger partial charge is 0.0549 e. The maximum absolute atomic E-state index is 2.48. The Morgan fingerprint density at radius 3 is 1.45 bits per heavy atom. The van der Waals surface area contributed by atoms with Gasteiger partial charge in [-0.3, -0.25) is 0 Å². The van der Waals surface area contributed by atoms with Crippen molar-refractivity contribution in [1.82, 2.24) is 9.13 Å². The number of hydrogen-bond donors (Lipinski definition) is 0. The molecule has 0 radical (unpaired) electrons. The minimum Gasteiger partial charge on any atom is -0.309 e. The summed E-state index contributed by atoms with van der Waals surface area (Å²) in [6, 6.07) is 61.3. The summed E-state index contributed by atoms with van der Waals surface area (Å²) in [6.45, 7) is 0. The van der Waals surface area contributed by atoms with Crippen LogP contribution in [0.1, 0.15) is 0 Å². The van der Waals surface area contributed by atoms with Crippen molar-refractivity contribution < 1.29 is 0 Å². The third kappa shape index (κ3) is 3.68. The molecule has 9 aromatic rings. The zero-order chi connectivity index (χ0) is 29.0. The lowest BCUT2D eigenvalue weighted by atomic mass is 9.98. The Bertz CT molecular complexity index is 2470. The first-order valence-electron chi connectivity index (χ1n) is 15.1. The summed E-state index contributed by atoms with van der Waals surface area (Å²) in [5, 5.41) is 5.10. The van der Waals surface area contributed by atoms with E-state index in [1.807, 2.05) is 0 Å². The van der Waals surface area contributed by atoms with Gasteiger partial charge in [0.2, 0.25) is 0 Å². The van der Waals surface area contributed by atoms with Crippen LogP contribution in [0.25, 0.3) is 77.2 Å². The molecule has 206 valence electrons. The van der Waals surface area contributed by atoms with Gasteiger partial charge in [-0.05, 0) is 59.2 Å². The van der Waals surface area contributed by atoms with Crippen molar-refractivity contribution in [3.05, 3.63) is 170 Å². The van der Waals surface area contributed by atoms with E-state index in [4.69, 9.17) is 0 Å². The Labute approximate surface area is 255 Å². The summed E-state index contributed by atoms with van der Waals surface area (Å²) in [5.74, 6) is 0. The van der Waals surface area contributed by atoms with Crippen molar-refractivity contribution in [2.45, 2.75) is 0 Å². The molecule has 2 heterocycles. The van der Waals surface area contributed by atoms with E-state index in [-0.39, 0.29) is 0 Å². The number of rotatable bonds is 4. The fourth-order valence-electron chi connectivity index (χ4n) is 7.02. The number of fused-ring (bicyclic) bond motifs is 7. The molecular weight excluding hydrogens is 532 g/mol. The van der Waals surface area contributed by atoms with Crippen molar-refractivity contribution in [2.75, 3.05) is 0 Å². The van der Waals surface area contributed by atoms with Gasteiger partial charge in [-0.2, -0.15) is 0 Å². The average Bonchev–Trinajstić information content (AvgIpc) is 3.62. The van der Waals surface area contributed by atoms with Crippen LogP contribution < -0.4 is 0 Å². The van der Waals surface area contributed by atoms with Gasteiger partial charge in [-0.1, -0.05) is 127 Å². The third-order valence-electron chi connectivity index (χ3n) is 8.92. The van der Waals surface area contributed by atoms with Crippen LogP contribution in [0.15, 0.2) is 170 Å². The van der Waals surface area contributed by atoms with E-state index in [1.54, 1.807) is 0 Å². The molecule has 0 aliphatic carbocycles. The molecular formula is C42H28N2. The monoisotopic (exact) mass is 560 g/mol. The van der Waals surface area contributed by atoms with E-state index in [0.29, 0.717) is 0 Å². The number of aromatic nitrogens is 2. The quantitative estimate of drug-likeness (QED) is 0.203. The molecule has 0 saturated carbocycles. The van der Waals surface area contributed by atoms with Gasteiger partial charge < -0.3 is 9.13 Å². The second kappa shape index (κ2) is 9.86. The van der Waals surface area contributed by atoms with Crippen LogP contribution in [0.2, 0.25) is 0 Å². The molecule has 0 amide bonds. The zero-order valence-electron chi connectivity index (χ0n) is 24.1. The first-order chi connectivity index (χ1) is 21.9. The molecule has 0 atom stereocenters. The van der Waals surface area contributed by atoms with Crippen LogP contribution in [0, 0.1) is 0 Å². The first-order valence-corrected chi connectivity index (χ1v) is 15.1. The highest BCUT2D eigenvalue weighted by Gasteiger charge is 2.21. The molecule has 0 aliphatic heterocycles. The number of nitrogens with zero attached hydrogens (tertiary/aromatic N) is 2. The van der Waals surface area contributed by atoms with Gasteiger partial charge in [0.15, 0.2) is 0 Å². The minimum atomic E-state index is 1.17. The van der Waals surface area contributed by atoms with Crippen LogP contribution in [0.3, 0.4) is 0 Å². The van der Waals surface area contributed by atoms with Gasteiger partial charge in [0.25, 0.3) is 0 Å². The highest BCUT2D eigenvalue weighted by Crippen LogP contribution is 2.44. The molecule has 0 fully saturated rings. The summed E-state index contributed by atoms with van der Waals surface area (Å²) < 4.78 is 4.88. The summed E-state index contributed by atoms with van der Waals surface area (Å²) in [7, 11) is 0. The lowest BCUT2D eigenvalue weighted by Crippen LogP contribution is -1.98. The molecule has 0 spiro atoms. The SMILES string of the molecule is c1ccc(-c2ccc(-c3ccccc3)c(-n3c4ccccc4c4c5c6ccccc6n(-c6ccccc6)c5ccc43)c2)cc1. The number of benzene rings is 7. The predicted octanol–water partition coefficient (Wildman–Crippen LogP) is 11.2. The maximum atomic E-state index is 2.48. The van der Waals surface area contributed by atoms with Gasteiger partial charge >= 0.3 is 0 Å². The first kappa shape index (κ1) is 24.7. The van der Waals surface area contributed by atoms with Gasteiger partial charge in [-0.15, -0.1) is 0 Å². The Morgan fingerprint density at radius 1 is 0.318 bits per heavy atom. The predicted molar refractivity (Wildman–Crippen MR) is 186 cm³/mol. The van der Waals surface area contributed by atoms with Gasteiger partial charge in [0, 0.05) is 32.8 Å². The number of para-hydroxylation sites is 3. The summed E-state index contributed by atoms with van der Waals surface area (Å²) in [4.78, 5) is 0. The van der Waals surface area contributed by atoms with E-state index in [2.05, 4.69) is 179 Å². The lowest BCUT2D eigenvalue weighted by Gasteiger charge is -2.16. The minimum absolute atomic E-state index is 1.17.